The smallest absolute Gasteiger partial charge is 0.147 e. The van der Waals surface area contributed by atoms with E-state index in [1.807, 2.05) is 26.0 Å². The van der Waals surface area contributed by atoms with E-state index in [4.69, 9.17) is 9.47 Å². The van der Waals surface area contributed by atoms with Crippen molar-refractivity contribution in [2.24, 2.45) is 0 Å². The fourth-order valence-electron chi connectivity index (χ4n) is 2.04. The SMILES string of the molecule is CCOC1=CC[C]([Zr][C]2=C(O)C(OCC)=CC2)=C1O.Cl.Cl. The van der Waals surface area contributed by atoms with Crippen LogP contribution in [0.5, 0.6) is 0 Å². The van der Waals surface area contributed by atoms with Crippen molar-refractivity contribution in [2.75, 3.05) is 13.2 Å². The van der Waals surface area contributed by atoms with E-state index in [2.05, 4.69) is 0 Å². The van der Waals surface area contributed by atoms with Crippen LogP contribution in [0.2, 0.25) is 0 Å². The molecule has 0 atom stereocenters. The molecule has 0 radical (unpaired) electrons. The van der Waals surface area contributed by atoms with Crippen LogP contribution in [-0.4, -0.2) is 23.4 Å². The third-order valence-corrected chi connectivity index (χ3v) is 6.57. The molecule has 0 unspecified atom stereocenters. The first-order valence-corrected chi connectivity index (χ1v) is 8.91. The molecule has 0 amide bonds. The number of ether oxygens (including phenoxy) is 2. The van der Waals surface area contributed by atoms with Crippen molar-refractivity contribution in [3.8, 4) is 0 Å². The molecule has 7 heteroatoms. The molecule has 0 saturated heterocycles. The van der Waals surface area contributed by atoms with Crippen molar-refractivity contribution >= 4 is 24.8 Å². The van der Waals surface area contributed by atoms with Crippen LogP contribution in [0.3, 0.4) is 0 Å². The largest absolute Gasteiger partial charge is 0.147 e. The molecule has 0 aromatic rings. The molecule has 118 valence electrons. The standard InChI is InChI=1S/2C7H9O2.2ClH.Zr/c2*1-2-9-7-5-3-4-6(7)8;;;/h2*5,8H,2-3H2,1H3;2*1H;. The minimum atomic E-state index is -1.14. The van der Waals surface area contributed by atoms with Gasteiger partial charge in [-0.2, -0.15) is 0 Å². The minimum absolute atomic E-state index is 0. The molecule has 2 N–H and O–H groups in total. The fraction of sp³-hybridized carbons (Fsp3) is 0.429. The third-order valence-electron chi connectivity index (χ3n) is 2.92. The Morgan fingerprint density at radius 2 is 1.29 bits per heavy atom. The van der Waals surface area contributed by atoms with Crippen molar-refractivity contribution in [1.29, 1.82) is 0 Å². The summed E-state index contributed by atoms with van der Waals surface area (Å²) in [4.78, 5) is 0. The molecule has 4 nitrogen and oxygen atoms in total. The van der Waals surface area contributed by atoms with E-state index in [1.54, 1.807) is 0 Å². The number of aliphatic hydroxyl groups is 2. The maximum atomic E-state index is 10.1. The molecule has 0 spiro atoms. The van der Waals surface area contributed by atoms with Gasteiger partial charge < -0.3 is 0 Å². The van der Waals surface area contributed by atoms with Crippen molar-refractivity contribution in [1.82, 2.24) is 0 Å². The quantitative estimate of drug-likeness (QED) is 0.687. The molecule has 2 rings (SSSR count). The molecule has 0 heterocycles. The van der Waals surface area contributed by atoms with E-state index in [1.165, 1.54) is 0 Å². The Labute approximate surface area is 149 Å². The van der Waals surface area contributed by atoms with Gasteiger partial charge in [0.15, 0.2) is 0 Å². The van der Waals surface area contributed by atoms with E-state index < -0.39 is 23.2 Å². The van der Waals surface area contributed by atoms with Gasteiger partial charge in [-0.3, -0.25) is 0 Å². The molecule has 0 aromatic heterocycles. The van der Waals surface area contributed by atoms with Gasteiger partial charge in [0.2, 0.25) is 0 Å². The molecule has 0 bridgehead atoms. The van der Waals surface area contributed by atoms with Crippen molar-refractivity contribution in [3.05, 3.63) is 41.8 Å². The Morgan fingerprint density at radius 1 is 0.905 bits per heavy atom. The zero-order valence-corrected chi connectivity index (χ0v) is 16.1. The second-order valence-electron chi connectivity index (χ2n) is 4.19. The van der Waals surface area contributed by atoms with Crippen molar-refractivity contribution in [2.45, 2.75) is 26.7 Å². The second kappa shape index (κ2) is 9.60. The normalized spacial score (nSPS) is 16.9. The van der Waals surface area contributed by atoms with Gasteiger partial charge in [-0.15, -0.1) is 24.8 Å². The molecule has 0 aromatic carbocycles. The summed E-state index contributed by atoms with van der Waals surface area (Å²) < 4.78 is 12.8. The Hall–Kier alpha value is -0.377. The van der Waals surface area contributed by atoms with Crippen LogP contribution in [-0.2, 0) is 32.7 Å². The molecule has 0 fully saturated rings. The van der Waals surface area contributed by atoms with Crippen LogP contribution < -0.4 is 0 Å². The number of hydrogen-bond acceptors (Lipinski definition) is 4. The summed E-state index contributed by atoms with van der Waals surface area (Å²) in [6, 6.07) is 0. The van der Waals surface area contributed by atoms with Crippen LogP contribution in [0, 0.1) is 0 Å². The van der Waals surface area contributed by atoms with Gasteiger partial charge in [0, 0.05) is 0 Å². The first kappa shape index (κ1) is 20.6. The van der Waals surface area contributed by atoms with Gasteiger partial charge in [-0.25, -0.2) is 0 Å². The van der Waals surface area contributed by atoms with Gasteiger partial charge in [-0.05, 0) is 0 Å². The summed E-state index contributed by atoms with van der Waals surface area (Å²) in [5, 5.41) is 20.1. The van der Waals surface area contributed by atoms with E-state index in [0.29, 0.717) is 36.3 Å². The summed E-state index contributed by atoms with van der Waals surface area (Å²) in [6.07, 6.45) is 5.32. The van der Waals surface area contributed by atoms with E-state index in [-0.39, 0.29) is 24.8 Å². The molecular weight excluding hydrogens is 394 g/mol. The Morgan fingerprint density at radius 3 is 1.62 bits per heavy atom. The number of rotatable bonds is 6. The van der Waals surface area contributed by atoms with Gasteiger partial charge in [0.1, 0.15) is 0 Å². The average Bonchev–Trinajstić information content (AvgIpc) is 2.90. The Kier molecular flexibility index (Phi) is 9.43. The monoisotopic (exact) mass is 412 g/mol. The zero-order chi connectivity index (χ0) is 13.8. The molecule has 2 aliphatic carbocycles. The summed E-state index contributed by atoms with van der Waals surface area (Å²) in [5.41, 5.74) is 0. The summed E-state index contributed by atoms with van der Waals surface area (Å²) in [5.74, 6) is 1.76. The van der Waals surface area contributed by atoms with Gasteiger partial charge in [-0.1, -0.05) is 0 Å². The molecule has 0 saturated carbocycles. The van der Waals surface area contributed by atoms with Crippen molar-refractivity contribution < 1.29 is 42.9 Å². The predicted molar refractivity (Wildman–Crippen MR) is 82.5 cm³/mol. The second-order valence-corrected chi connectivity index (χ2v) is 7.77. The molecular formula is C14H20Cl2O4Zr. The summed E-state index contributed by atoms with van der Waals surface area (Å²) in [6.45, 7) is 4.90. The maximum Gasteiger partial charge on any atom is -0.147 e. The van der Waals surface area contributed by atoms with Gasteiger partial charge in [0.05, 0.1) is 0 Å². The van der Waals surface area contributed by atoms with Crippen LogP contribution in [0.25, 0.3) is 0 Å². The molecule has 21 heavy (non-hydrogen) atoms. The van der Waals surface area contributed by atoms with E-state index in [0.717, 1.165) is 19.4 Å². The van der Waals surface area contributed by atoms with Crippen LogP contribution in [0.4, 0.5) is 0 Å². The van der Waals surface area contributed by atoms with E-state index >= 15 is 0 Å². The van der Waals surface area contributed by atoms with E-state index in [9.17, 15) is 10.2 Å². The van der Waals surface area contributed by atoms with Crippen molar-refractivity contribution in [3.63, 3.8) is 0 Å². The number of hydrogen-bond donors (Lipinski definition) is 2. The number of allylic oxidation sites excluding steroid dienone is 4. The fourth-order valence-corrected chi connectivity index (χ4v) is 5.13. The zero-order valence-electron chi connectivity index (χ0n) is 12.0. The average molecular weight is 414 g/mol. The van der Waals surface area contributed by atoms with Crippen LogP contribution in [0.1, 0.15) is 26.7 Å². The Bertz CT molecular complexity index is 451. The number of halogens is 2. The first-order chi connectivity index (χ1) is 9.17. The minimum Gasteiger partial charge on any atom is -0.147 e. The van der Waals surface area contributed by atoms with Crippen LogP contribution in [0.15, 0.2) is 41.8 Å². The first-order valence-electron chi connectivity index (χ1n) is 6.45. The maximum absolute atomic E-state index is 10.1. The Balaban J connectivity index is 0.00000200. The van der Waals surface area contributed by atoms with Gasteiger partial charge in [0.25, 0.3) is 0 Å². The molecule has 2 aliphatic rings. The van der Waals surface area contributed by atoms with Crippen LogP contribution >= 0.6 is 24.8 Å². The third kappa shape index (κ3) is 4.80. The number of aliphatic hydroxyl groups excluding tert-OH is 2. The molecule has 0 aliphatic heterocycles. The summed E-state index contributed by atoms with van der Waals surface area (Å²) in [7, 11) is 0. The summed E-state index contributed by atoms with van der Waals surface area (Å²) >= 11 is -1.14. The van der Waals surface area contributed by atoms with Gasteiger partial charge >= 0.3 is 125 Å². The predicted octanol–water partition coefficient (Wildman–Crippen LogP) is 4.10. The topological polar surface area (TPSA) is 58.9 Å².